The predicted molar refractivity (Wildman–Crippen MR) is 123 cm³/mol. The lowest BCUT2D eigenvalue weighted by Gasteiger charge is -2.54. The van der Waals surface area contributed by atoms with E-state index in [2.05, 4.69) is 31.2 Å². The van der Waals surface area contributed by atoms with Crippen LogP contribution in [0.4, 0.5) is 0 Å². The lowest BCUT2D eigenvalue weighted by molar-refractivity contribution is 0.00131. The second kappa shape index (κ2) is 7.58. The Hall–Kier alpha value is -2.41. The van der Waals surface area contributed by atoms with Crippen LogP contribution in [0.2, 0.25) is 0 Å². The van der Waals surface area contributed by atoms with E-state index in [9.17, 15) is 4.79 Å². The molecule has 1 aliphatic carbocycles. The Morgan fingerprint density at radius 1 is 1.19 bits per heavy atom. The minimum absolute atomic E-state index is 0.0952. The molecular formula is C25H34N6O. The number of fused-ring (bicyclic) bond motifs is 6. The molecule has 32 heavy (non-hydrogen) atoms. The van der Waals surface area contributed by atoms with Gasteiger partial charge in [0.05, 0.1) is 17.4 Å². The number of aromatic nitrogens is 4. The molecular weight excluding hydrogens is 400 g/mol. The summed E-state index contributed by atoms with van der Waals surface area (Å²) in [5.74, 6) is 1.34. The van der Waals surface area contributed by atoms with Gasteiger partial charge in [0, 0.05) is 37.4 Å². The topological polar surface area (TPSA) is 70.1 Å². The molecule has 0 spiro atoms. The number of hydrogen-bond acceptors (Lipinski definition) is 4. The van der Waals surface area contributed by atoms with Gasteiger partial charge in [-0.3, -0.25) is 19.5 Å². The standard InChI is InChI=1S/C25H34N6O/c1-15-23(16(2)29(3)28-15)20-13-21(27-26-20)25(32)31-10-6-7-17-11-18-12-19(24(17)31)14-30-9-5-4-8-22(18)30/h11,13,18-19,22,24H,4-10,12,14H2,1-3H3,(H,26,27)/t18-,19+,22-,24+/m0/s1. The molecule has 0 unspecified atom stereocenters. The van der Waals surface area contributed by atoms with E-state index in [1.165, 1.54) is 37.8 Å². The Balaban J connectivity index is 1.29. The number of carbonyl (C=O) groups is 1. The fraction of sp³-hybridized carbons (Fsp3) is 0.640. The number of nitrogens with zero attached hydrogens (tertiary/aromatic N) is 5. The van der Waals surface area contributed by atoms with Gasteiger partial charge in [-0.15, -0.1) is 0 Å². The molecule has 2 aromatic heterocycles. The van der Waals surface area contributed by atoms with E-state index in [0.717, 1.165) is 54.6 Å². The van der Waals surface area contributed by atoms with Crippen molar-refractivity contribution in [1.29, 1.82) is 0 Å². The van der Waals surface area contributed by atoms with Crippen LogP contribution in [0.25, 0.3) is 11.3 Å². The third-order valence-electron chi connectivity index (χ3n) is 8.49. The second-order valence-corrected chi connectivity index (χ2v) is 10.3. The van der Waals surface area contributed by atoms with Crippen LogP contribution in [0.3, 0.4) is 0 Å². The number of amides is 1. The first-order valence-corrected chi connectivity index (χ1v) is 12.3. The Kier molecular flexibility index (Phi) is 4.79. The van der Waals surface area contributed by atoms with Crippen molar-refractivity contribution >= 4 is 5.91 Å². The zero-order chi connectivity index (χ0) is 22.0. The van der Waals surface area contributed by atoms with Gasteiger partial charge >= 0.3 is 0 Å². The molecule has 3 saturated heterocycles. The van der Waals surface area contributed by atoms with Gasteiger partial charge in [-0.25, -0.2) is 0 Å². The second-order valence-electron chi connectivity index (χ2n) is 10.3. The first-order valence-electron chi connectivity index (χ1n) is 12.3. The molecule has 170 valence electrons. The summed E-state index contributed by atoms with van der Waals surface area (Å²) in [6, 6.07) is 2.91. The van der Waals surface area contributed by atoms with E-state index in [1.807, 2.05) is 31.6 Å². The highest BCUT2D eigenvalue weighted by molar-refractivity contribution is 5.94. The number of carbonyl (C=O) groups excluding carboxylic acids is 1. The fourth-order valence-corrected chi connectivity index (χ4v) is 7.06. The Morgan fingerprint density at radius 2 is 2.06 bits per heavy atom. The van der Waals surface area contributed by atoms with Gasteiger partial charge in [-0.05, 0) is 70.4 Å². The van der Waals surface area contributed by atoms with Crippen LogP contribution in [-0.2, 0) is 7.05 Å². The smallest absolute Gasteiger partial charge is 0.272 e. The third-order valence-corrected chi connectivity index (χ3v) is 8.49. The van der Waals surface area contributed by atoms with Gasteiger partial charge in [0.15, 0.2) is 0 Å². The maximum atomic E-state index is 13.7. The van der Waals surface area contributed by atoms with Gasteiger partial charge in [0.1, 0.15) is 5.69 Å². The third kappa shape index (κ3) is 3.08. The molecule has 5 heterocycles. The number of aryl methyl sites for hydroxylation is 2. The minimum atomic E-state index is 0.0952. The molecule has 3 aliphatic heterocycles. The van der Waals surface area contributed by atoms with Crippen molar-refractivity contribution in [2.45, 2.75) is 64.5 Å². The summed E-state index contributed by atoms with van der Waals surface area (Å²) < 4.78 is 1.87. The molecule has 1 amide bonds. The maximum Gasteiger partial charge on any atom is 0.272 e. The number of likely N-dealkylation sites (tertiary alicyclic amines) is 1. The number of piperidine rings is 3. The van der Waals surface area contributed by atoms with Gasteiger partial charge in [0.2, 0.25) is 0 Å². The normalized spacial score (nSPS) is 30.0. The minimum Gasteiger partial charge on any atom is -0.330 e. The molecule has 0 radical (unpaired) electrons. The van der Waals surface area contributed by atoms with Crippen LogP contribution in [0, 0.1) is 25.7 Å². The Morgan fingerprint density at radius 3 is 2.88 bits per heavy atom. The fourth-order valence-electron chi connectivity index (χ4n) is 7.06. The lowest BCUT2D eigenvalue weighted by Crippen LogP contribution is -2.60. The average molecular weight is 435 g/mol. The van der Waals surface area contributed by atoms with Crippen LogP contribution in [0.1, 0.15) is 60.4 Å². The monoisotopic (exact) mass is 434 g/mol. The van der Waals surface area contributed by atoms with E-state index < -0.39 is 0 Å². The molecule has 6 rings (SSSR count). The molecule has 3 fully saturated rings. The number of hydrogen-bond donors (Lipinski definition) is 1. The number of H-pyrrole nitrogens is 1. The summed E-state index contributed by atoms with van der Waals surface area (Å²) in [4.78, 5) is 18.6. The molecule has 0 saturated carbocycles. The number of rotatable bonds is 2. The molecule has 4 atom stereocenters. The number of aromatic amines is 1. The maximum absolute atomic E-state index is 13.7. The molecule has 4 aliphatic rings. The van der Waals surface area contributed by atoms with Crippen molar-refractivity contribution < 1.29 is 4.79 Å². The summed E-state index contributed by atoms with van der Waals surface area (Å²) >= 11 is 0. The Labute approximate surface area is 189 Å². The van der Waals surface area contributed by atoms with Crippen molar-refractivity contribution in [3.8, 4) is 11.3 Å². The van der Waals surface area contributed by atoms with Crippen molar-refractivity contribution in [3.63, 3.8) is 0 Å². The van der Waals surface area contributed by atoms with Crippen molar-refractivity contribution in [1.82, 2.24) is 29.8 Å². The zero-order valence-corrected chi connectivity index (χ0v) is 19.5. The summed E-state index contributed by atoms with van der Waals surface area (Å²) in [7, 11) is 1.94. The molecule has 2 bridgehead atoms. The van der Waals surface area contributed by atoms with Gasteiger partial charge in [0.25, 0.3) is 5.91 Å². The SMILES string of the molecule is Cc1nn(C)c(C)c1-c1cc(C(=O)N2CCCC3=C[C@H]4C[C@H](CN5CCCC[C@@H]45)[C@@H]32)[nH]n1. The van der Waals surface area contributed by atoms with Crippen LogP contribution in [-0.4, -0.2) is 67.4 Å². The van der Waals surface area contributed by atoms with E-state index in [4.69, 9.17) is 0 Å². The van der Waals surface area contributed by atoms with Crippen LogP contribution in [0.15, 0.2) is 17.7 Å². The zero-order valence-electron chi connectivity index (χ0n) is 19.5. The summed E-state index contributed by atoms with van der Waals surface area (Å²) in [5, 5.41) is 12.1. The summed E-state index contributed by atoms with van der Waals surface area (Å²) in [6.07, 6.45) is 10.1. The Bertz CT molecular complexity index is 1080. The van der Waals surface area contributed by atoms with Gasteiger partial charge in [-0.1, -0.05) is 18.1 Å². The van der Waals surface area contributed by atoms with Crippen LogP contribution in [0.5, 0.6) is 0 Å². The molecule has 0 aromatic carbocycles. The quantitative estimate of drug-likeness (QED) is 0.735. The van der Waals surface area contributed by atoms with E-state index in [0.29, 0.717) is 17.5 Å². The summed E-state index contributed by atoms with van der Waals surface area (Å²) in [5.41, 5.74) is 5.95. The van der Waals surface area contributed by atoms with E-state index in [1.54, 1.807) is 0 Å². The van der Waals surface area contributed by atoms with Gasteiger partial charge in [-0.2, -0.15) is 10.2 Å². The predicted octanol–water partition coefficient (Wildman–Crippen LogP) is 3.46. The molecule has 2 aromatic rings. The number of nitrogens with one attached hydrogen (secondary N) is 1. The van der Waals surface area contributed by atoms with Gasteiger partial charge < -0.3 is 4.90 Å². The first kappa shape index (κ1) is 20.2. The van der Waals surface area contributed by atoms with E-state index in [-0.39, 0.29) is 11.9 Å². The van der Waals surface area contributed by atoms with Crippen molar-refractivity contribution in [2.24, 2.45) is 18.9 Å². The highest BCUT2D eigenvalue weighted by Crippen LogP contribution is 2.45. The average Bonchev–Trinajstić information content (AvgIpc) is 3.37. The van der Waals surface area contributed by atoms with Crippen LogP contribution < -0.4 is 0 Å². The molecule has 7 nitrogen and oxygen atoms in total. The molecule has 7 heteroatoms. The van der Waals surface area contributed by atoms with E-state index >= 15 is 0 Å². The van der Waals surface area contributed by atoms with Crippen molar-refractivity contribution in [2.75, 3.05) is 19.6 Å². The summed E-state index contributed by atoms with van der Waals surface area (Å²) in [6.45, 7) is 7.26. The molecule has 1 N–H and O–H groups in total. The van der Waals surface area contributed by atoms with Crippen molar-refractivity contribution in [3.05, 3.63) is 34.8 Å². The lowest BCUT2D eigenvalue weighted by atomic mass is 9.68. The first-order chi connectivity index (χ1) is 15.5. The largest absolute Gasteiger partial charge is 0.330 e. The highest BCUT2D eigenvalue weighted by atomic mass is 16.2. The van der Waals surface area contributed by atoms with Crippen LogP contribution >= 0.6 is 0 Å². The highest BCUT2D eigenvalue weighted by Gasteiger charge is 2.47.